The van der Waals surface area contributed by atoms with Crippen LogP contribution >= 0.6 is 0 Å². The second-order valence-electron chi connectivity index (χ2n) is 4.54. The number of ether oxygens (including phenoxy) is 2. The van der Waals surface area contributed by atoms with Crippen LogP contribution in [0.2, 0.25) is 0 Å². The Morgan fingerprint density at radius 1 is 1.48 bits per heavy atom. The van der Waals surface area contributed by atoms with E-state index < -0.39 is 36.0 Å². The number of aliphatic hydroxyl groups is 1. The van der Waals surface area contributed by atoms with Gasteiger partial charge >= 0.3 is 11.9 Å². The highest BCUT2D eigenvalue weighted by molar-refractivity contribution is 5.93. The van der Waals surface area contributed by atoms with Gasteiger partial charge in [-0.3, -0.25) is 4.79 Å². The standard InChI is InChI=1S/C15H18O6/c1-4-9(2)15(19)21-13-7-8-14(18)20-12(13)6-5-11(17)10(3)16/h4-8,10,12-13,16H,1-3H3/b6-5-,9-4+/t10-,12-,13-/m0/s1. The number of carbonyl (C=O) groups excluding carboxylic acids is 3. The van der Waals surface area contributed by atoms with Crippen LogP contribution in [0.25, 0.3) is 0 Å². The third-order valence-corrected chi connectivity index (χ3v) is 2.86. The normalized spacial score (nSPS) is 23.8. The third kappa shape index (κ3) is 5.00. The maximum Gasteiger partial charge on any atom is 0.334 e. The molecule has 1 heterocycles. The fourth-order valence-electron chi connectivity index (χ4n) is 1.44. The summed E-state index contributed by atoms with van der Waals surface area (Å²) in [4.78, 5) is 34.3. The number of hydrogen-bond acceptors (Lipinski definition) is 6. The number of carbonyl (C=O) groups is 3. The van der Waals surface area contributed by atoms with E-state index in [-0.39, 0.29) is 0 Å². The minimum atomic E-state index is -1.15. The number of rotatable bonds is 5. The van der Waals surface area contributed by atoms with Crippen molar-refractivity contribution in [3.63, 3.8) is 0 Å². The zero-order chi connectivity index (χ0) is 16.0. The highest BCUT2D eigenvalue weighted by Gasteiger charge is 2.28. The van der Waals surface area contributed by atoms with E-state index in [0.29, 0.717) is 5.57 Å². The van der Waals surface area contributed by atoms with Crippen LogP contribution < -0.4 is 0 Å². The van der Waals surface area contributed by atoms with Gasteiger partial charge in [-0.1, -0.05) is 6.08 Å². The fourth-order valence-corrected chi connectivity index (χ4v) is 1.44. The van der Waals surface area contributed by atoms with Crippen molar-refractivity contribution in [1.29, 1.82) is 0 Å². The maximum atomic E-state index is 11.7. The van der Waals surface area contributed by atoms with Crippen LogP contribution in [0.3, 0.4) is 0 Å². The summed E-state index contributed by atoms with van der Waals surface area (Å²) in [7, 11) is 0. The molecular weight excluding hydrogens is 276 g/mol. The molecule has 6 heteroatoms. The Kier molecular flexibility index (Phi) is 6.05. The second kappa shape index (κ2) is 7.54. The predicted molar refractivity (Wildman–Crippen MR) is 74.2 cm³/mol. The van der Waals surface area contributed by atoms with E-state index >= 15 is 0 Å². The molecule has 0 aromatic carbocycles. The summed E-state index contributed by atoms with van der Waals surface area (Å²) in [5.41, 5.74) is 0.420. The lowest BCUT2D eigenvalue weighted by atomic mass is 10.1. The van der Waals surface area contributed by atoms with Crippen molar-refractivity contribution in [2.24, 2.45) is 0 Å². The predicted octanol–water partition coefficient (Wildman–Crippen LogP) is 0.852. The monoisotopic (exact) mass is 294 g/mol. The highest BCUT2D eigenvalue weighted by Crippen LogP contribution is 2.15. The van der Waals surface area contributed by atoms with Crippen LogP contribution in [0.1, 0.15) is 20.8 Å². The van der Waals surface area contributed by atoms with Crippen LogP contribution in [-0.2, 0) is 23.9 Å². The number of allylic oxidation sites excluding steroid dienone is 1. The maximum absolute atomic E-state index is 11.7. The van der Waals surface area contributed by atoms with Gasteiger partial charge in [0.1, 0.15) is 6.10 Å². The van der Waals surface area contributed by atoms with Crippen molar-refractivity contribution >= 4 is 17.7 Å². The number of esters is 2. The highest BCUT2D eigenvalue weighted by atomic mass is 16.6. The second-order valence-corrected chi connectivity index (χ2v) is 4.54. The summed E-state index contributed by atoms with van der Waals surface area (Å²) in [6, 6.07) is 0. The third-order valence-electron chi connectivity index (χ3n) is 2.86. The van der Waals surface area contributed by atoms with E-state index in [1.54, 1.807) is 19.9 Å². The number of hydrogen-bond donors (Lipinski definition) is 1. The van der Waals surface area contributed by atoms with Gasteiger partial charge < -0.3 is 14.6 Å². The van der Waals surface area contributed by atoms with Crippen molar-refractivity contribution < 1.29 is 29.0 Å². The van der Waals surface area contributed by atoms with E-state index in [1.807, 2.05) is 0 Å². The summed E-state index contributed by atoms with van der Waals surface area (Å²) < 4.78 is 10.2. The molecule has 0 saturated heterocycles. The van der Waals surface area contributed by atoms with Gasteiger partial charge in [0.05, 0.1) is 0 Å². The number of cyclic esters (lactones) is 1. The molecule has 6 nitrogen and oxygen atoms in total. The molecular formula is C15H18O6. The molecule has 1 N–H and O–H groups in total. The zero-order valence-corrected chi connectivity index (χ0v) is 12.1. The van der Waals surface area contributed by atoms with Crippen LogP contribution in [0.15, 0.2) is 36.0 Å². The lowest BCUT2D eigenvalue weighted by Gasteiger charge is -2.25. The molecule has 1 rings (SSSR count). The van der Waals surface area contributed by atoms with Crippen molar-refractivity contribution in [2.75, 3.05) is 0 Å². The minimum Gasteiger partial charge on any atom is -0.451 e. The van der Waals surface area contributed by atoms with Gasteiger partial charge in [0.15, 0.2) is 18.0 Å². The molecule has 21 heavy (non-hydrogen) atoms. The zero-order valence-electron chi connectivity index (χ0n) is 12.1. The molecule has 114 valence electrons. The van der Waals surface area contributed by atoms with E-state index in [9.17, 15) is 14.4 Å². The lowest BCUT2D eigenvalue weighted by Crippen LogP contribution is -2.35. The molecule has 0 saturated carbocycles. The molecule has 3 atom stereocenters. The van der Waals surface area contributed by atoms with Gasteiger partial charge in [0, 0.05) is 11.6 Å². The summed E-state index contributed by atoms with van der Waals surface area (Å²) in [6.45, 7) is 4.63. The van der Waals surface area contributed by atoms with Crippen LogP contribution in [-0.4, -0.2) is 41.1 Å². The first-order valence-corrected chi connectivity index (χ1v) is 6.48. The molecule has 0 amide bonds. The quantitative estimate of drug-likeness (QED) is 0.597. The molecule has 0 aromatic rings. The number of ketones is 1. The molecule has 0 aliphatic carbocycles. The Labute approximate surface area is 122 Å². The molecule has 0 bridgehead atoms. The SMILES string of the molecule is C/C=C(\C)C(=O)O[C@H]1C=CC(=O)O[C@H]1/C=C\C(=O)[C@H](C)O. The van der Waals surface area contributed by atoms with Crippen molar-refractivity contribution in [3.05, 3.63) is 36.0 Å². The lowest BCUT2D eigenvalue weighted by molar-refractivity contribution is -0.157. The first kappa shape index (κ1) is 16.8. The van der Waals surface area contributed by atoms with E-state index in [4.69, 9.17) is 14.6 Å². The van der Waals surface area contributed by atoms with E-state index in [0.717, 1.165) is 12.2 Å². The van der Waals surface area contributed by atoms with Crippen LogP contribution in [0.4, 0.5) is 0 Å². The molecule has 1 aliphatic rings. The Balaban J connectivity index is 2.83. The van der Waals surface area contributed by atoms with Gasteiger partial charge in [0.25, 0.3) is 0 Å². The Bertz CT molecular complexity index is 512. The van der Waals surface area contributed by atoms with Gasteiger partial charge in [-0.15, -0.1) is 0 Å². The summed E-state index contributed by atoms with van der Waals surface area (Å²) in [5.74, 6) is -1.66. The van der Waals surface area contributed by atoms with Crippen LogP contribution in [0, 0.1) is 0 Å². The Hall–Kier alpha value is -2.21. The first-order chi connectivity index (χ1) is 9.85. The van der Waals surface area contributed by atoms with Gasteiger partial charge in [0.2, 0.25) is 0 Å². The summed E-state index contributed by atoms with van der Waals surface area (Å²) in [6.07, 6.45) is 3.68. The molecule has 0 radical (unpaired) electrons. The minimum absolute atomic E-state index is 0.420. The smallest absolute Gasteiger partial charge is 0.334 e. The van der Waals surface area contributed by atoms with E-state index in [1.165, 1.54) is 19.1 Å². The topological polar surface area (TPSA) is 89.9 Å². The molecule has 0 fully saturated rings. The van der Waals surface area contributed by atoms with Crippen LogP contribution in [0.5, 0.6) is 0 Å². The molecule has 0 unspecified atom stereocenters. The Morgan fingerprint density at radius 3 is 2.71 bits per heavy atom. The fraction of sp³-hybridized carbons (Fsp3) is 0.400. The molecule has 1 aliphatic heterocycles. The molecule has 0 aromatic heterocycles. The van der Waals surface area contributed by atoms with Gasteiger partial charge in [-0.05, 0) is 39.0 Å². The summed E-state index contributed by atoms with van der Waals surface area (Å²) >= 11 is 0. The van der Waals surface area contributed by atoms with Crippen molar-refractivity contribution in [1.82, 2.24) is 0 Å². The number of aliphatic hydroxyl groups excluding tert-OH is 1. The Morgan fingerprint density at radius 2 is 2.14 bits per heavy atom. The van der Waals surface area contributed by atoms with Gasteiger partial charge in [-0.25, -0.2) is 9.59 Å². The van der Waals surface area contributed by atoms with Crippen molar-refractivity contribution in [3.8, 4) is 0 Å². The largest absolute Gasteiger partial charge is 0.451 e. The summed E-state index contributed by atoms with van der Waals surface area (Å²) in [5, 5.41) is 9.10. The first-order valence-electron chi connectivity index (χ1n) is 6.48. The molecule has 0 spiro atoms. The van der Waals surface area contributed by atoms with Gasteiger partial charge in [-0.2, -0.15) is 0 Å². The van der Waals surface area contributed by atoms with Crippen molar-refractivity contribution in [2.45, 2.75) is 39.1 Å². The van der Waals surface area contributed by atoms with E-state index in [2.05, 4.69) is 0 Å². The average molecular weight is 294 g/mol. The average Bonchev–Trinajstić information content (AvgIpc) is 2.45.